The maximum absolute atomic E-state index is 13.1. The molecule has 3 rings (SSSR count). The number of carbonyl (C=O) groups excluding carboxylic acids is 1. The third-order valence-corrected chi connectivity index (χ3v) is 5.27. The summed E-state index contributed by atoms with van der Waals surface area (Å²) in [5.74, 6) is -3.72. The van der Waals surface area contributed by atoms with Crippen molar-refractivity contribution in [2.24, 2.45) is 5.73 Å². The van der Waals surface area contributed by atoms with Crippen LogP contribution in [0.5, 0.6) is 5.88 Å². The summed E-state index contributed by atoms with van der Waals surface area (Å²) in [4.78, 5) is 49.8. The maximum atomic E-state index is 13.1. The fourth-order valence-electron chi connectivity index (χ4n) is 3.71. The maximum Gasteiger partial charge on any atom is 0.334 e. The molecule has 9 heteroatoms. The summed E-state index contributed by atoms with van der Waals surface area (Å²) in [5, 5.41) is 19.7. The Kier molecular flexibility index (Phi) is 5.97. The Hall–Kier alpha value is -3.20. The number of nitrogens with two attached hydrogens (primary N) is 1. The Labute approximate surface area is 166 Å². The highest BCUT2D eigenvalue weighted by Gasteiger charge is 2.33. The molecule has 1 atom stereocenters. The molecule has 2 aromatic rings. The number of rotatable bonds is 6. The highest BCUT2D eigenvalue weighted by molar-refractivity contribution is 6.12. The minimum Gasteiger partial charge on any atom is -0.494 e. The molecule has 1 aliphatic carbocycles. The quantitative estimate of drug-likeness (QED) is 0.481. The van der Waals surface area contributed by atoms with Crippen molar-refractivity contribution in [2.45, 2.75) is 50.7 Å². The van der Waals surface area contributed by atoms with Gasteiger partial charge in [-0.25, -0.2) is 4.79 Å². The van der Waals surface area contributed by atoms with Gasteiger partial charge in [0.2, 0.25) is 11.7 Å². The van der Waals surface area contributed by atoms with E-state index < -0.39 is 46.5 Å². The van der Waals surface area contributed by atoms with Crippen molar-refractivity contribution >= 4 is 11.8 Å². The second kappa shape index (κ2) is 8.44. The monoisotopic (exact) mass is 401 g/mol. The molecule has 4 N–H and O–H groups in total. The topological polar surface area (TPSA) is 145 Å². The number of Topliss-reactive ketones (excluding diaryl/α,β-unsaturated/α-hetero) is 1. The number of carboxylic acid groups (broad SMARTS) is 1. The lowest BCUT2D eigenvalue weighted by Crippen LogP contribution is -2.48. The van der Waals surface area contributed by atoms with E-state index in [-0.39, 0.29) is 6.54 Å². The van der Waals surface area contributed by atoms with Crippen molar-refractivity contribution in [1.29, 1.82) is 0 Å². The van der Waals surface area contributed by atoms with Gasteiger partial charge in [0.1, 0.15) is 5.56 Å². The molecule has 1 heterocycles. The summed E-state index contributed by atoms with van der Waals surface area (Å²) in [6.07, 6.45) is 3.81. The van der Waals surface area contributed by atoms with E-state index >= 15 is 0 Å². The van der Waals surface area contributed by atoms with Gasteiger partial charge in [0.05, 0.1) is 6.54 Å². The van der Waals surface area contributed by atoms with Crippen LogP contribution in [-0.4, -0.2) is 37.1 Å². The number of aromatic hydroxyl groups is 1. The van der Waals surface area contributed by atoms with Crippen LogP contribution in [0.15, 0.2) is 39.9 Å². The number of hydrogen-bond acceptors (Lipinski definition) is 6. The molecule has 0 bridgehead atoms. The first-order chi connectivity index (χ1) is 13.8. The summed E-state index contributed by atoms with van der Waals surface area (Å²) < 4.78 is 1.90. The SMILES string of the molecule is NC(C(=O)O)C(=O)c1c(O)n(Cc2ccccc2)c(=O)n(C2CCCCC2)c1=O. The van der Waals surface area contributed by atoms with Crippen LogP contribution in [0.2, 0.25) is 0 Å². The Morgan fingerprint density at radius 2 is 1.72 bits per heavy atom. The fourth-order valence-corrected chi connectivity index (χ4v) is 3.71. The van der Waals surface area contributed by atoms with E-state index in [4.69, 9.17) is 10.8 Å². The molecule has 0 saturated heterocycles. The van der Waals surface area contributed by atoms with Gasteiger partial charge in [-0.05, 0) is 18.4 Å². The van der Waals surface area contributed by atoms with Crippen LogP contribution in [0, 0.1) is 0 Å². The van der Waals surface area contributed by atoms with E-state index in [2.05, 4.69) is 0 Å². The molecule has 0 aliphatic heterocycles. The van der Waals surface area contributed by atoms with Crippen LogP contribution in [0.3, 0.4) is 0 Å². The first-order valence-electron chi connectivity index (χ1n) is 9.47. The van der Waals surface area contributed by atoms with Gasteiger partial charge in [-0.3, -0.25) is 23.5 Å². The van der Waals surface area contributed by atoms with Crippen LogP contribution >= 0.6 is 0 Å². The number of hydrogen-bond donors (Lipinski definition) is 3. The molecule has 29 heavy (non-hydrogen) atoms. The summed E-state index contributed by atoms with van der Waals surface area (Å²) in [6.45, 7) is -0.0822. The van der Waals surface area contributed by atoms with Gasteiger partial charge < -0.3 is 15.9 Å². The van der Waals surface area contributed by atoms with Crippen LogP contribution in [-0.2, 0) is 11.3 Å². The highest BCUT2D eigenvalue weighted by Crippen LogP contribution is 2.27. The van der Waals surface area contributed by atoms with E-state index in [0.29, 0.717) is 18.4 Å². The predicted octanol–water partition coefficient (Wildman–Crippen LogP) is 0.864. The summed E-state index contributed by atoms with van der Waals surface area (Å²) in [5.41, 5.74) is 3.58. The molecular weight excluding hydrogens is 378 g/mol. The number of aromatic nitrogens is 2. The summed E-state index contributed by atoms with van der Waals surface area (Å²) in [7, 11) is 0. The van der Waals surface area contributed by atoms with Crippen molar-refractivity contribution in [3.8, 4) is 5.88 Å². The zero-order chi connectivity index (χ0) is 21.1. The van der Waals surface area contributed by atoms with E-state index in [9.17, 15) is 24.3 Å². The molecule has 154 valence electrons. The molecule has 9 nitrogen and oxygen atoms in total. The Morgan fingerprint density at radius 3 is 2.31 bits per heavy atom. The highest BCUT2D eigenvalue weighted by atomic mass is 16.4. The number of ketones is 1. The molecular formula is C20H23N3O6. The third-order valence-electron chi connectivity index (χ3n) is 5.27. The third kappa shape index (κ3) is 4.00. The average Bonchev–Trinajstić information content (AvgIpc) is 2.72. The van der Waals surface area contributed by atoms with Gasteiger partial charge in [-0.2, -0.15) is 0 Å². The van der Waals surface area contributed by atoms with Gasteiger partial charge in [-0.15, -0.1) is 0 Å². The molecule has 0 spiro atoms. The summed E-state index contributed by atoms with van der Waals surface area (Å²) in [6, 6.07) is 6.31. The molecule has 0 radical (unpaired) electrons. The van der Waals surface area contributed by atoms with Gasteiger partial charge in [0.15, 0.2) is 6.04 Å². The molecule has 1 aliphatic rings. The zero-order valence-electron chi connectivity index (χ0n) is 15.8. The van der Waals surface area contributed by atoms with Crippen molar-refractivity contribution in [3.05, 3.63) is 62.3 Å². The lowest BCUT2D eigenvalue weighted by Gasteiger charge is -2.25. The van der Waals surface area contributed by atoms with Gasteiger partial charge >= 0.3 is 11.7 Å². The van der Waals surface area contributed by atoms with E-state index in [0.717, 1.165) is 28.4 Å². The van der Waals surface area contributed by atoms with Crippen molar-refractivity contribution in [1.82, 2.24) is 9.13 Å². The lowest BCUT2D eigenvalue weighted by molar-refractivity contribution is -0.137. The number of benzene rings is 1. The van der Waals surface area contributed by atoms with E-state index in [1.807, 2.05) is 0 Å². The van der Waals surface area contributed by atoms with Crippen LogP contribution in [0.1, 0.15) is 54.1 Å². The van der Waals surface area contributed by atoms with E-state index in [1.54, 1.807) is 30.3 Å². The Balaban J connectivity index is 2.23. The minimum atomic E-state index is -2.02. The van der Waals surface area contributed by atoms with Crippen molar-refractivity contribution in [2.75, 3.05) is 0 Å². The Morgan fingerprint density at radius 1 is 1.10 bits per heavy atom. The lowest BCUT2D eigenvalue weighted by atomic mass is 9.95. The van der Waals surface area contributed by atoms with Gasteiger partial charge in [-0.1, -0.05) is 49.6 Å². The van der Waals surface area contributed by atoms with Crippen molar-refractivity contribution in [3.63, 3.8) is 0 Å². The Bertz CT molecular complexity index is 1030. The fraction of sp³-hybridized carbons (Fsp3) is 0.400. The largest absolute Gasteiger partial charge is 0.494 e. The number of carboxylic acids is 1. The normalized spacial score (nSPS) is 15.8. The minimum absolute atomic E-state index is 0.0822. The van der Waals surface area contributed by atoms with Crippen LogP contribution in [0.4, 0.5) is 0 Å². The van der Waals surface area contributed by atoms with Crippen molar-refractivity contribution < 1.29 is 19.8 Å². The van der Waals surface area contributed by atoms with Gasteiger partial charge in [0.25, 0.3) is 5.56 Å². The number of nitrogens with zero attached hydrogens (tertiary/aromatic N) is 2. The number of aliphatic carboxylic acids is 1. The molecule has 1 fully saturated rings. The second-order valence-electron chi connectivity index (χ2n) is 7.20. The second-order valence-corrected chi connectivity index (χ2v) is 7.20. The van der Waals surface area contributed by atoms with Crippen LogP contribution < -0.4 is 17.0 Å². The molecule has 0 amide bonds. The predicted molar refractivity (Wildman–Crippen MR) is 104 cm³/mol. The smallest absolute Gasteiger partial charge is 0.334 e. The standard InChI is InChI=1S/C20H23N3O6/c21-15(19(27)28)16(24)14-17(25)22(11-12-7-3-1-4-8-12)20(29)23(18(14)26)13-9-5-2-6-10-13/h1,3-4,7-8,13,15,25H,2,5-6,9-11,21H2,(H,27,28). The molecule has 1 saturated carbocycles. The van der Waals surface area contributed by atoms with E-state index in [1.165, 1.54) is 0 Å². The average molecular weight is 401 g/mol. The van der Waals surface area contributed by atoms with Gasteiger partial charge in [0, 0.05) is 6.04 Å². The number of carbonyl (C=O) groups is 2. The van der Waals surface area contributed by atoms with Crippen LogP contribution in [0.25, 0.3) is 0 Å². The molecule has 1 aromatic carbocycles. The first-order valence-corrected chi connectivity index (χ1v) is 9.47. The first kappa shape index (κ1) is 20.5. The zero-order valence-corrected chi connectivity index (χ0v) is 15.8. The summed E-state index contributed by atoms with van der Waals surface area (Å²) >= 11 is 0. The molecule has 1 unspecified atom stereocenters. The molecule has 1 aromatic heterocycles.